The fourth-order valence-electron chi connectivity index (χ4n) is 2.93. The number of morpholine rings is 1. The highest BCUT2D eigenvalue weighted by Crippen LogP contribution is 2.23. The van der Waals surface area contributed by atoms with Crippen molar-refractivity contribution in [2.45, 2.75) is 6.54 Å². The van der Waals surface area contributed by atoms with E-state index in [9.17, 15) is 4.79 Å². The molecule has 0 spiro atoms. The predicted molar refractivity (Wildman–Crippen MR) is 103 cm³/mol. The molecule has 0 radical (unpaired) electrons. The molecule has 1 fully saturated rings. The Bertz CT molecular complexity index is 700. The van der Waals surface area contributed by atoms with Crippen LogP contribution >= 0.6 is 12.4 Å². The third-order valence-electron chi connectivity index (χ3n) is 4.26. The van der Waals surface area contributed by atoms with Crippen LogP contribution in [0.4, 0.5) is 11.4 Å². The Morgan fingerprint density at radius 3 is 2.44 bits per heavy atom. The van der Waals surface area contributed by atoms with Gasteiger partial charge < -0.3 is 20.3 Å². The van der Waals surface area contributed by atoms with Crippen LogP contribution in [0.3, 0.4) is 0 Å². The fourth-order valence-corrected chi connectivity index (χ4v) is 2.93. The molecule has 25 heavy (non-hydrogen) atoms. The smallest absolute Gasteiger partial charge is 0.253 e. The van der Waals surface area contributed by atoms with Crippen molar-refractivity contribution in [2.24, 2.45) is 0 Å². The van der Waals surface area contributed by atoms with Crippen molar-refractivity contribution in [1.82, 2.24) is 4.90 Å². The van der Waals surface area contributed by atoms with Crippen molar-refractivity contribution >= 4 is 29.7 Å². The van der Waals surface area contributed by atoms with Crippen molar-refractivity contribution < 1.29 is 9.53 Å². The lowest BCUT2D eigenvalue weighted by atomic mass is 10.1. The highest BCUT2D eigenvalue weighted by Gasteiger charge is 2.17. The number of para-hydroxylation sites is 1. The lowest BCUT2D eigenvalue weighted by Gasteiger charge is -2.31. The van der Waals surface area contributed by atoms with Crippen LogP contribution in [0.25, 0.3) is 0 Å². The van der Waals surface area contributed by atoms with E-state index in [2.05, 4.69) is 17.0 Å². The zero-order valence-electron chi connectivity index (χ0n) is 14.4. The molecule has 0 aliphatic carbocycles. The van der Waals surface area contributed by atoms with Gasteiger partial charge in [0.05, 0.1) is 13.2 Å². The maximum atomic E-state index is 12.6. The molecule has 2 aromatic rings. The minimum absolute atomic E-state index is 0. The largest absolute Gasteiger partial charge is 0.399 e. The second kappa shape index (κ2) is 8.74. The topological polar surface area (TPSA) is 58.8 Å². The van der Waals surface area contributed by atoms with E-state index in [1.54, 1.807) is 29.2 Å². The zero-order valence-corrected chi connectivity index (χ0v) is 15.2. The summed E-state index contributed by atoms with van der Waals surface area (Å²) in [5.74, 6) is -0.00761. The Morgan fingerprint density at radius 1 is 1.12 bits per heavy atom. The van der Waals surface area contributed by atoms with Gasteiger partial charge in [-0.25, -0.2) is 0 Å². The summed E-state index contributed by atoms with van der Waals surface area (Å²) in [4.78, 5) is 16.7. The summed E-state index contributed by atoms with van der Waals surface area (Å²) in [6, 6.07) is 15.3. The van der Waals surface area contributed by atoms with E-state index in [0.29, 0.717) is 17.8 Å². The molecule has 3 rings (SSSR count). The van der Waals surface area contributed by atoms with E-state index in [4.69, 9.17) is 10.5 Å². The number of nitrogen functional groups attached to an aromatic ring is 1. The molecule has 0 unspecified atom stereocenters. The number of hydrogen-bond donors (Lipinski definition) is 1. The van der Waals surface area contributed by atoms with Gasteiger partial charge in [-0.2, -0.15) is 0 Å². The summed E-state index contributed by atoms with van der Waals surface area (Å²) >= 11 is 0. The van der Waals surface area contributed by atoms with Gasteiger partial charge in [0.1, 0.15) is 0 Å². The molecule has 134 valence electrons. The van der Waals surface area contributed by atoms with Gasteiger partial charge in [0.2, 0.25) is 0 Å². The normalized spacial score (nSPS) is 13.9. The van der Waals surface area contributed by atoms with Crippen LogP contribution in [0.2, 0.25) is 0 Å². The van der Waals surface area contributed by atoms with Crippen molar-refractivity contribution in [2.75, 3.05) is 44.0 Å². The summed E-state index contributed by atoms with van der Waals surface area (Å²) in [5.41, 5.74) is 9.32. The number of nitrogens with zero attached hydrogens (tertiary/aromatic N) is 2. The van der Waals surface area contributed by atoms with Crippen molar-refractivity contribution in [3.05, 3.63) is 59.7 Å². The van der Waals surface area contributed by atoms with Crippen LogP contribution in [-0.2, 0) is 11.3 Å². The Balaban J connectivity index is 0.00000225. The molecule has 0 aromatic heterocycles. The van der Waals surface area contributed by atoms with Crippen molar-refractivity contribution in [3.63, 3.8) is 0 Å². The maximum Gasteiger partial charge on any atom is 0.253 e. The molecule has 1 amide bonds. The maximum absolute atomic E-state index is 12.6. The first-order valence-electron chi connectivity index (χ1n) is 8.17. The van der Waals surface area contributed by atoms with Gasteiger partial charge in [-0.1, -0.05) is 18.2 Å². The van der Waals surface area contributed by atoms with Gasteiger partial charge in [-0.15, -0.1) is 12.4 Å². The Labute approximate surface area is 154 Å². The molecule has 1 saturated heterocycles. The second-order valence-corrected chi connectivity index (χ2v) is 6.01. The first kappa shape index (κ1) is 19.1. The molecule has 0 bridgehead atoms. The van der Waals surface area contributed by atoms with E-state index in [-0.39, 0.29) is 18.3 Å². The summed E-state index contributed by atoms with van der Waals surface area (Å²) in [5, 5.41) is 0. The number of halogens is 1. The molecule has 1 heterocycles. The van der Waals surface area contributed by atoms with Gasteiger partial charge in [0.15, 0.2) is 0 Å². The minimum atomic E-state index is -0.00761. The number of amides is 1. The molecule has 0 atom stereocenters. The number of rotatable bonds is 4. The molecular weight excluding hydrogens is 338 g/mol. The molecule has 6 heteroatoms. The number of anilines is 2. The molecule has 2 aromatic carbocycles. The molecular formula is C19H24ClN3O2. The van der Waals surface area contributed by atoms with E-state index in [1.165, 1.54) is 5.69 Å². The second-order valence-electron chi connectivity index (χ2n) is 6.01. The summed E-state index contributed by atoms with van der Waals surface area (Å²) in [6.07, 6.45) is 0. The van der Waals surface area contributed by atoms with Crippen molar-refractivity contribution in [1.29, 1.82) is 0 Å². The van der Waals surface area contributed by atoms with Crippen LogP contribution in [0.1, 0.15) is 15.9 Å². The molecule has 1 aliphatic heterocycles. The van der Waals surface area contributed by atoms with Crippen LogP contribution in [0.5, 0.6) is 0 Å². The standard InChI is InChI=1S/C19H23N3O2.ClH/c1-21(19(23)15-6-8-17(20)9-7-15)14-16-4-2-3-5-18(16)22-10-12-24-13-11-22;/h2-9H,10-14,20H2,1H3;1H. The molecule has 2 N–H and O–H groups in total. The van der Waals surface area contributed by atoms with E-state index < -0.39 is 0 Å². The van der Waals surface area contributed by atoms with Gasteiger partial charge in [0, 0.05) is 43.6 Å². The SMILES string of the molecule is CN(Cc1ccccc1N1CCOCC1)C(=O)c1ccc(N)cc1.Cl. The number of ether oxygens (including phenoxy) is 1. The van der Waals surface area contributed by atoms with E-state index in [0.717, 1.165) is 31.9 Å². The molecule has 5 nitrogen and oxygen atoms in total. The average Bonchev–Trinajstić information content (AvgIpc) is 2.63. The monoisotopic (exact) mass is 361 g/mol. The first-order valence-corrected chi connectivity index (χ1v) is 8.17. The number of hydrogen-bond acceptors (Lipinski definition) is 4. The summed E-state index contributed by atoms with van der Waals surface area (Å²) in [6.45, 7) is 3.82. The zero-order chi connectivity index (χ0) is 16.9. The quantitative estimate of drug-likeness (QED) is 0.851. The lowest BCUT2D eigenvalue weighted by Crippen LogP contribution is -2.37. The minimum Gasteiger partial charge on any atom is -0.399 e. The van der Waals surface area contributed by atoms with Gasteiger partial charge in [0.25, 0.3) is 5.91 Å². The summed E-state index contributed by atoms with van der Waals surface area (Å²) in [7, 11) is 1.83. The van der Waals surface area contributed by atoms with E-state index in [1.807, 2.05) is 19.2 Å². The lowest BCUT2D eigenvalue weighted by molar-refractivity contribution is 0.0785. The van der Waals surface area contributed by atoms with Crippen LogP contribution in [0, 0.1) is 0 Å². The summed E-state index contributed by atoms with van der Waals surface area (Å²) < 4.78 is 5.43. The highest BCUT2D eigenvalue weighted by atomic mass is 35.5. The molecule has 0 saturated carbocycles. The predicted octanol–water partition coefficient (Wildman–Crippen LogP) is 2.80. The van der Waals surface area contributed by atoms with Crippen LogP contribution in [0.15, 0.2) is 48.5 Å². The number of carbonyl (C=O) groups excluding carboxylic acids is 1. The van der Waals surface area contributed by atoms with Gasteiger partial charge in [-0.3, -0.25) is 4.79 Å². The van der Waals surface area contributed by atoms with Crippen molar-refractivity contribution in [3.8, 4) is 0 Å². The van der Waals surface area contributed by atoms with Crippen LogP contribution in [-0.4, -0.2) is 44.2 Å². The third kappa shape index (κ3) is 4.65. The van der Waals surface area contributed by atoms with E-state index >= 15 is 0 Å². The van der Waals surface area contributed by atoms with Crippen LogP contribution < -0.4 is 10.6 Å². The average molecular weight is 362 g/mol. The number of benzene rings is 2. The van der Waals surface area contributed by atoms with Gasteiger partial charge in [-0.05, 0) is 35.9 Å². The fraction of sp³-hybridized carbons (Fsp3) is 0.316. The molecule has 1 aliphatic rings. The number of nitrogens with two attached hydrogens (primary N) is 1. The Hall–Kier alpha value is -2.24. The Morgan fingerprint density at radius 2 is 1.76 bits per heavy atom. The van der Waals surface area contributed by atoms with Gasteiger partial charge >= 0.3 is 0 Å². The highest BCUT2D eigenvalue weighted by molar-refractivity contribution is 5.94. The number of carbonyl (C=O) groups is 1. The third-order valence-corrected chi connectivity index (χ3v) is 4.26. The first-order chi connectivity index (χ1) is 11.6. The Kier molecular flexibility index (Phi) is 6.67.